The highest BCUT2D eigenvalue weighted by Crippen LogP contribution is 2.37. The van der Waals surface area contributed by atoms with Crippen LogP contribution in [0, 0.1) is 0 Å². The first kappa shape index (κ1) is 41.9. The number of methoxy groups -OCH3 is 2. The van der Waals surface area contributed by atoms with Gasteiger partial charge in [0.2, 0.25) is 0 Å². The van der Waals surface area contributed by atoms with Crippen molar-refractivity contribution in [3.63, 3.8) is 0 Å². The molecular formula is C35H52N4O14. The molecule has 2 aromatic carbocycles. The van der Waals surface area contributed by atoms with Gasteiger partial charge in [0.25, 0.3) is 0 Å². The van der Waals surface area contributed by atoms with Gasteiger partial charge in [0.15, 0.2) is 0 Å². The van der Waals surface area contributed by atoms with Gasteiger partial charge >= 0.3 is 12.1 Å². The van der Waals surface area contributed by atoms with Crippen molar-refractivity contribution in [2.45, 2.75) is 69.8 Å². The van der Waals surface area contributed by atoms with Gasteiger partial charge in [0, 0.05) is 26.2 Å². The summed E-state index contributed by atoms with van der Waals surface area (Å²) in [4.78, 5) is 39.8. The van der Waals surface area contributed by atoms with Gasteiger partial charge in [0.1, 0.15) is 36.9 Å². The zero-order valence-corrected chi connectivity index (χ0v) is 30.4. The number of amides is 1. The fourth-order valence-electron chi connectivity index (χ4n) is 6.41. The molecule has 0 aromatic heterocycles. The molecule has 0 spiro atoms. The van der Waals surface area contributed by atoms with Crippen LogP contribution in [0.2, 0.25) is 0 Å². The van der Waals surface area contributed by atoms with Crippen molar-refractivity contribution in [2.75, 3.05) is 71.8 Å². The molecule has 1 saturated heterocycles. The first-order valence-electron chi connectivity index (χ1n) is 17.6. The highest BCUT2D eigenvalue weighted by Gasteiger charge is 2.44. The van der Waals surface area contributed by atoms with Crippen LogP contribution < -0.4 is 14.4 Å². The van der Waals surface area contributed by atoms with Crippen LogP contribution in [-0.4, -0.2) is 134 Å². The second kappa shape index (κ2) is 21.8. The second-order valence-corrected chi connectivity index (χ2v) is 12.5. The Morgan fingerprint density at radius 3 is 2.47 bits per heavy atom. The first-order chi connectivity index (χ1) is 25.6. The van der Waals surface area contributed by atoms with Gasteiger partial charge in [-0.25, -0.2) is 19.3 Å². The summed E-state index contributed by atoms with van der Waals surface area (Å²) in [6.45, 7) is 4.50. The van der Waals surface area contributed by atoms with Crippen molar-refractivity contribution in [1.29, 1.82) is 0 Å². The van der Waals surface area contributed by atoms with Crippen LogP contribution >= 0.6 is 0 Å². The molecule has 2 aliphatic heterocycles. The molecule has 0 saturated carbocycles. The summed E-state index contributed by atoms with van der Waals surface area (Å²) in [7, 11) is 3.27. The number of unbranched alkanes of at least 4 members (excludes halogenated alkanes) is 1. The fraction of sp³-hybridized carbons (Fsp3) is 0.600. The van der Waals surface area contributed by atoms with Crippen molar-refractivity contribution >= 4 is 17.7 Å². The molecule has 2 aromatic rings. The van der Waals surface area contributed by atoms with Crippen LogP contribution in [-0.2, 0) is 40.0 Å². The molecular weight excluding hydrogens is 700 g/mol. The number of esters is 1. The van der Waals surface area contributed by atoms with Gasteiger partial charge in [-0.05, 0) is 74.4 Å². The van der Waals surface area contributed by atoms with Crippen LogP contribution in [0.4, 0.5) is 10.5 Å². The Morgan fingerprint density at radius 1 is 0.981 bits per heavy atom. The van der Waals surface area contributed by atoms with Crippen molar-refractivity contribution in [2.24, 2.45) is 0 Å². The van der Waals surface area contributed by atoms with E-state index in [0.717, 1.165) is 42.1 Å². The molecule has 0 aliphatic carbocycles. The number of fused-ring (bicyclic) bond motifs is 1. The van der Waals surface area contributed by atoms with E-state index in [0.29, 0.717) is 31.8 Å². The predicted molar refractivity (Wildman–Crippen MR) is 184 cm³/mol. The molecule has 18 heteroatoms. The zero-order chi connectivity index (χ0) is 38.2. The van der Waals surface area contributed by atoms with Crippen LogP contribution in [0.1, 0.15) is 56.1 Å². The van der Waals surface area contributed by atoms with Gasteiger partial charge in [-0.15, -0.1) is 0 Å². The number of carbonyl (C=O) groups excluding carboxylic acids is 2. The van der Waals surface area contributed by atoms with Crippen molar-refractivity contribution in [3.05, 3.63) is 53.6 Å². The molecule has 4 rings (SSSR count). The molecule has 296 valence electrons. The maximum atomic E-state index is 13.6. The van der Waals surface area contributed by atoms with E-state index >= 15 is 0 Å². The van der Waals surface area contributed by atoms with Crippen molar-refractivity contribution in [1.82, 2.24) is 15.7 Å². The van der Waals surface area contributed by atoms with E-state index in [1.54, 1.807) is 21.1 Å². The minimum atomic E-state index is -0.966. The average molecular weight is 753 g/mol. The third-order valence-electron chi connectivity index (χ3n) is 9.00. The zero-order valence-electron chi connectivity index (χ0n) is 30.4. The van der Waals surface area contributed by atoms with Crippen LogP contribution in [0.25, 0.3) is 0 Å². The first-order valence-corrected chi connectivity index (χ1v) is 17.6. The van der Waals surface area contributed by atoms with Crippen molar-refractivity contribution < 1.29 is 68.5 Å². The quantitative estimate of drug-likeness (QED) is 0.0811. The van der Waals surface area contributed by atoms with Crippen LogP contribution in [0.15, 0.2) is 42.5 Å². The number of likely N-dealkylation sites (tertiary alicyclic amines) is 1. The summed E-state index contributed by atoms with van der Waals surface area (Å²) in [6.07, 6.45) is -0.228. The molecule has 0 radical (unpaired) electrons. The Balaban J connectivity index is 1.48. The minimum absolute atomic E-state index is 0.0297. The molecule has 2 aliphatic rings. The number of hydrogen-bond donors (Lipinski definition) is 4. The monoisotopic (exact) mass is 752 g/mol. The highest BCUT2D eigenvalue weighted by atomic mass is 17.1. The molecule has 1 fully saturated rings. The fourth-order valence-corrected chi connectivity index (χ4v) is 6.41. The van der Waals surface area contributed by atoms with E-state index in [4.69, 9.17) is 54.1 Å². The lowest BCUT2D eigenvalue weighted by atomic mass is 9.83. The smallest absolute Gasteiger partial charge is 0.410 e. The van der Waals surface area contributed by atoms with Crippen molar-refractivity contribution in [3.8, 4) is 11.5 Å². The van der Waals surface area contributed by atoms with E-state index < -0.39 is 47.7 Å². The summed E-state index contributed by atoms with van der Waals surface area (Å²) in [5, 5.41) is 34.5. The second-order valence-electron chi connectivity index (χ2n) is 12.5. The maximum Gasteiger partial charge on any atom is 0.410 e. The van der Waals surface area contributed by atoms with E-state index in [1.165, 1.54) is 4.90 Å². The van der Waals surface area contributed by atoms with E-state index in [1.807, 2.05) is 36.4 Å². The van der Waals surface area contributed by atoms with Gasteiger partial charge in [-0.1, -0.05) is 18.2 Å². The topological polar surface area (TPSA) is 202 Å². The molecule has 4 unspecified atom stereocenters. The van der Waals surface area contributed by atoms with Gasteiger partial charge in [-0.2, -0.15) is 0 Å². The molecule has 18 nitrogen and oxygen atoms in total. The van der Waals surface area contributed by atoms with E-state index in [9.17, 15) is 9.59 Å². The summed E-state index contributed by atoms with van der Waals surface area (Å²) >= 11 is 0. The van der Waals surface area contributed by atoms with Crippen LogP contribution in [0.3, 0.4) is 0 Å². The molecule has 4 N–H and O–H groups in total. The molecule has 4 atom stereocenters. The molecule has 53 heavy (non-hydrogen) atoms. The Hall–Kier alpha value is -3.82. The van der Waals surface area contributed by atoms with Gasteiger partial charge in [0.05, 0.1) is 62.6 Å². The predicted octanol–water partition coefficient (Wildman–Crippen LogP) is 3.94. The lowest BCUT2D eigenvalue weighted by Gasteiger charge is -2.42. The third kappa shape index (κ3) is 12.9. The normalized spacial score (nSPS) is 19.2. The number of hydrogen-bond acceptors (Lipinski definition) is 17. The average Bonchev–Trinajstić information content (AvgIpc) is 3.15. The SMILES string of the molecule is CCOC(=O)C1CC(c2ccc(OC)cc2)C(OCc2ccc3c(c2)N(CCCOC)CCO3)CN1C(=O)OCCCCC(CON(O)O)ON(O)O. The lowest BCUT2D eigenvalue weighted by molar-refractivity contribution is -0.527. The number of carbonyl (C=O) groups is 2. The van der Waals surface area contributed by atoms with Gasteiger partial charge < -0.3 is 33.3 Å². The number of anilines is 1. The van der Waals surface area contributed by atoms with E-state index in [2.05, 4.69) is 15.8 Å². The van der Waals surface area contributed by atoms with Crippen LogP contribution in [0.5, 0.6) is 11.5 Å². The number of nitrogens with zero attached hydrogens (tertiary/aromatic N) is 4. The summed E-state index contributed by atoms with van der Waals surface area (Å²) in [5.41, 5.74) is 2.82. The van der Waals surface area contributed by atoms with E-state index in [-0.39, 0.29) is 45.1 Å². The largest absolute Gasteiger partial charge is 0.497 e. The number of rotatable bonds is 21. The molecule has 1 amide bonds. The Bertz CT molecular complexity index is 1400. The Morgan fingerprint density at radius 2 is 1.77 bits per heavy atom. The number of benzene rings is 2. The Kier molecular flexibility index (Phi) is 17.2. The highest BCUT2D eigenvalue weighted by molar-refractivity contribution is 5.82. The molecule has 2 heterocycles. The lowest BCUT2D eigenvalue weighted by Crippen LogP contribution is -2.56. The summed E-state index contributed by atoms with van der Waals surface area (Å²) in [5.74, 6) is 0.652. The number of piperidine rings is 1. The summed E-state index contributed by atoms with van der Waals surface area (Å²) < 4.78 is 34.1. The molecule has 0 bridgehead atoms. The standard InChI is InChI=1S/C35H52N4O14/c1-4-48-34(40)31-21-29(26-10-12-27(47-3)13-11-26)33(51-23-25-9-14-32-30(20-25)36(16-19-49-32)15-7-17-46-2)22-37(31)35(41)50-18-6-5-8-28(53-39(44)45)24-52-38(42)43/h9-14,20,28-29,31,33,42-45H,4-8,15-19,21-24H2,1-3H3. The summed E-state index contributed by atoms with van der Waals surface area (Å²) in [6, 6.07) is 12.6. The third-order valence-corrected chi connectivity index (χ3v) is 9.00. The minimum Gasteiger partial charge on any atom is -0.497 e. The number of ether oxygens (including phenoxy) is 6. The Labute approximate surface area is 308 Å². The van der Waals surface area contributed by atoms with Gasteiger partial charge in [-0.3, -0.25) is 25.7 Å². The maximum absolute atomic E-state index is 13.6.